The fourth-order valence-electron chi connectivity index (χ4n) is 2.42. The highest BCUT2D eigenvalue weighted by molar-refractivity contribution is 8.00. The Hall–Kier alpha value is -1.63. The van der Waals surface area contributed by atoms with Gasteiger partial charge in [-0.1, -0.05) is 12.1 Å². The third kappa shape index (κ3) is 3.34. The van der Waals surface area contributed by atoms with E-state index in [0.29, 0.717) is 0 Å². The van der Waals surface area contributed by atoms with Crippen molar-refractivity contribution in [2.75, 3.05) is 18.7 Å². The zero-order valence-electron chi connectivity index (χ0n) is 12.8. The van der Waals surface area contributed by atoms with E-state index in [9.17, 15) is 9.90 Å². The Bertz CT molecular complexity index is 718. The number of nitrogens with one attached hydrogen (secondary N) is 1. The van der Waals surface area contributed by atoms with Gasteiger partial charge in [0.1, 0.15) is 11.9 Å². The van der Waals surface area contributed by atoms with Crippen molar-refractivity contribution in [2.45, 2.75) is 21.1 Å². The molecule has 0 bridgehead atoms. The number of thioether (sulfide) groups is 2. The molecule has 0 radical (unpaired) electrons. The quantitative estimate of drug-likeness (QED) is 0.832. The van der Waals surface area contributed by atoms with Crippen molar-refractivity contribution < 1.29 is 14.6 Å². The second-order valence-electron chi connectivity index (χ2n) is 5.11. The summed E-state index contributed by atoms with van der Waals surface area (Å²) < 4.78 is 5.16. The van der Waals surface area contributed by atoms with Crippen LogP contribution in [0, 0.1) is 0 Å². The van der Waals surface area contributed by atoms with Gasteiger partial charge in [0, 0.05) is 9.79 Å². The molecule has 2 N–H and O–H groups in total. The molecule has 0 aliphatic carbocycles. The van der Waals surface area contributed by atoms with Crippen molar-refractivity contribution >= 4 is 35.1 Å². The molecule has 2 atom stereocenters. The molecule has 0 spiro atoms. The van der Waals surface area contributed by atoms with Gasteiger partial charge in [0.2, 0.25) is 0 Å². The van der Waals surface area contributed by atoms with Gasteiger partial charge in [-0.25, -0.2) is 0 Å². The maximum Gasteiger partial charge on any atom is 0.254 e. The molecule has 0 aromatic heterocycles. The van der Waals surface area contributed by atoms with Crippen LogP contribution in [0.25, 0.3) is 0 Å². The summed E-state index contributed by atoms with van der Waals surface area (Å²) in [6, 6.07) is 13.3. The molecular weight excluding hydrogens is 330 g/mol. The highest BCUT2D eigenvalue weighted by Gasteiger charge is 2.32. The standard InChI is InChI=1S/C17H17NO3S2/c1-21-11-5-3-10(4-6-11)16-15(19)17(20)18-13-8-7-12(22-2)9-14(13)23-16/h3-9,15-16,19H,1-2H3,(H,18,20). The number of methoxy groups -OCH3 is 1. The lowest BCUT2D eigenvalue weighted by atomic mass is 10.1. The summed E-state index contributed by atoms with van der Waals surface area (Å²) in [7, 11) is 1.61. The highest BCUT2D eigenvalue weighted by atomic mass is 32.2. The van der Waals surface area contributed by atoms with E-state index in [1.165, 1.54) is 11.8 Å². The summed E-state index contributed by atoms with van der Waals surface area (Å²) in [5.41, 5.74) is 1.63. The number of rotatable bonds is 3. The smallest absolute Gasteiger partial charge is 0.254 e. The third-order valence-corrected chi connectivity index (χ3v) is 5.80. The van der Waals surface area contributed by atoms with Gasteiger partial charge >= 0.3 is 0 Å². The van der Waals surface area contributed by atoms with Gasteiger partial charge in [0.05, 0.1) is 18.0 Å². The zero-order valence-corrected chi connectivity index (χ0v) is 14.4. The lowest BCUT2D eigenvalue weighted by Crippen LogP contribution is -2.30. The van der Waals surface area contributed by atoms with Gasteiger partial charge < -0.3 is 15.2 Å². The molecule has 1 amide bonds. The van der Waals surface area contributed by atoms with E-state index in [2.05, 4.69) is 5.32 Å². The molecule has 0 saturated carbocycles. The van der Waals surface area contributed by atoms with Crippen LogP contribution < -0.4 is 10.1 Å². The number of carbonyl (C=O) groups excluding carboxylic acids is 1. The molecule has 120 valence electrons. The maximum absolute atomic E-state index is 12.2. The van der Waals surface area contributed by atoms with Crippen molar-refractivity contribution in [1.82, 2.24) is 0 Å². The molecular formula is C17H17NO3S2. The Balaban J connectivity index is 1.99. The van der Waals surface area contributed by atoms with Gasteiger partial charge in [0.25, 0.3) is 5.91 Å². The average molecular weight is 347 g/mol. The number of benzene rings is 2. The number of hydrogen-bond donors (Lipinski definition) is 2. The molecule has 23 heavy (non-hydrogen) atoms. The van der Waals surface area contributed by atoms with Crippen LogP contribution in [0.4, 0.5) is 5.69 Å². The summed E-state index contributed by atoms with van der Waals surface area (Å²) in [6.45, 7) is 0. The SMILES string of the molecule is COc1ccc(C2Sc3cc(SC)ccc3NC(=O)C2O)cc1. The predicted molar refractivity (Wildman–Crippen MR) is 94.5 cm³/mol. The van der Waals surface area contributed by atoms with E-state index in [4.69, 9.17) is 4.74 Å². The minimum atomic E-state index is -1.11. The second kappa shape index (κ2) is 6.86. The van der Waals surface area contributed by atoms with Crippen LogP contribution >= 0.6 is 23.5 Å². The van der Waals surface area contributed by atoms with Crippen LogP contribution in [-0.4, -0.2) is 30.5 Å². The summed E-state index contributed by atoms with van der Waals surface area (Å²) >= 11 is 3.15. The summed E-state index contributed by atoms with van der Waals surface area (Å²) in [5.74, 6) is 0.366. The number of anilines is 1. The molecule has 1 aliphatic heterocycles. The van der Waals surface area contributed by atoms with Crippen molar-refractivity contribution in [1.29, 1.82) is 0 Å². The monoisotopic (exact) mass is 347 g/mol. The summed E-state index contributed by atoms with van der Waals surface area (Å²) in [6.07, 6.45) is 0.899. The van der Waals surface area contributed by atoms with E-state index in [-0.39, 0.29) is 11.2 Å². The van der Waals surface area contributed by atoms with Gasteiger partial charge in [-0.15, -0.1) is 23.5 Å². The van der Waals surface area contributed by atoms with Gasteiger partial charge in [-0.2, -0.15) is 0 Å². The lowest BCUT2D eigenvalue weighted by molar-refractivity contribution is -0.124. The van der Waals surface area contributed by atoms with E-state index in [0.717, 1.165) is 26.8 Å². The summed E-state index contributed by atoms with van der Waals surface area (Å²) in [4.78, 5) is 14.3. The second-order valence-corrected chi connectivity index (χ2v) is 7.17. The first-order valence-electron chi connectivity index (χ1n) is 7.10. The topological polar surface area (TPSA) is 58.6 Å². The predicted octanol–water partition coefficient (Wildman–Crippen LogP) is 3.56. The lowest BCUT2D eigenvalue weighted by Gasteiger charge is -2.19. The molecule has 2 aromatic carbocycles. The van der Waals surface area contributed by atoms with Crippen LogP contribution in [0.1, 0.15) is 10.8 Å². The zero-order chi connectivity index (χ0) is 16.4. The fraction of sp³-hybridized carbons (Fsp3) is 0.235. The average Bonchev–Trinajstić information content (AvgIpc) is 2.71. The maximum atomic E-state index is 12.2. The van der Waals surface area contributed by atoms with Crippen LogP contribution in [0.5, 0.6) is 5.75 Å². The minimum absolute atomic E-state index is 0.362. The number of aliphatic hydroxyl groups is 1. The Morgan fingerprint density at radius 2 is 1.96 bits per heavy atom. The van der Waals surface area contributed by atoms with Crippen LogP contribution in [0.15, 0.2) is 52.3 Å². The highest BCUT2D eigenvalue weighted by Crippen LogP contribution is 2.45. The van der Waals surface area contributed by atoms with Crippen molar-refractivity contribution in [3.63, 3.8) is 0 Å². The Morgan fingerprint density at radius 1 is 1.22 bits per heavy atom. The molecule has 3 rings (SSSR count). The number of amides is 1. The van der Waals surface area contributed by atoms with E-state index in [1.807, 2.05) is 48.7 Å². The number of ether oxygens (including phenoxy) is 1. The van der Waals surface area contributed by atoms with E-state index >= 15 is 0 Å². The minimum Gasteiger partial charge on any atom is -0.497 e. The molecule has 2 aromatic rings. The molecule has 6 heteroatoms. The summed E-state index contributed by atoms with van der Waals surface area (Å²) in [5, 5.41) is 12.9. The number of aliphatic hydroxyl groups excluding tert-OH is 1. The third-order valence-electron chi connectivity index (χ3n) is 3.70. The Morgan fingerprint density at radius 3 is 2.61 bits per heavy atom. The van der Waals surface area contributed by atoms with Crippen LogP contribution in [-0.2, 0) is 4.79 Å². The number of fused-ring (bicyclic) bond motifs is 1. The molecule has 4 nitrogen and oxygen atoms in total. The fourth-order valence-corrected chi connectivity index (χ4v) is 4.19. The molecule has 1 aliphatic rings. The van der Waals surface area contributed by atoms with Crippen LogP contribution in [0.2, 0.25) is 0 Å². The number of carbonyl (C=O) groups is 1. The van der Waals surface area contributed by atoms with Gasteiger partial charge in [0.15, 0.2) is 0 Å². The van der Waals surface area contributed by atoms with E-state index in [1.54, 1.807) is 18.9 Å². The largest absolute Gasteiger partial charge is 0.497 e. The Kier molecular flexibility index (Phi) is 4.84. The van der Waals surface area contributed by atoms with Crippen molar-refractivity contribution in [2.24, 2.45) is 0 Å². The first-order valence-corrected chi connectivity index (χ1v) is 9.20. The molecule has 1 heterocycles. The van der Waals surface area contributed by atoms with Crippen molar-refractivity contribution in [3.8, 4) is 5.75 Å². The van der Waals surface area contributed by atoms with Crippen molar-refractivity contribution in [3.05, 3.63) is 48.0 Å². The first kappa shape index (κ1) is 16.2. The first-order chi connectivity index (χ1) is 11.1. The number of hydrogen-bond acceptors (Lipinski definition) is 5. The van der Waals surface area contributed by atoms with Gasteiger partial charge in [-0.05, 0) is 42.2 Å². The normalized spacial score (nSPS) is 20.4. The van der Waals surface area contributed by atoms with Gasteiger partial charge in [-0.3, -0.25) is 4.79 Å². The Labute approximate surface area is 143 Å². The van der Waals surface area contributed by atoms with Crippen LogP contribution in [0.3, 0.4) is 0 Å². The molecule has 0 saturated heterocycles. The molecule has 0 fully saturated rings. The molecule has 2 unspecified atom stereocenters. The van der Waals surface area contributed by atoms with E-state index < -0.39 is 6.10 Å².